The molecule has 1 aromatic carbocycles. The van der Waals surface area contributed by atoms with Gasteiger partial charge < -0.3 is 10.1 Å². The Bertz CT molecular complexity index is 459. The number of rotatable bonds is 6. The molecule has 96 valence electrons. The molecule has 1 atom stereocenters. The van der Waals surface area contributed by atoms with Crippen molar-refractivity contribution in [3.8, 4) is 5.75 Å². The van der Waals surface area contributed by atoms with Gasteiger partial charge in [0.2, 0.25) is 0 Å². The highest BCUT2D eigenvalue weighted by Gasteiger charge is 2.10. The number of benzene rings is 1. The molecule has 1 N–H and O–H groups in total. The molecular formula is C12H15N3OS2. The van der Waals surface area contributed by atoms with Crippen LogP contribution in [-0.2, 0) is 0 Å². The Kier molecular flexibility index (Phi) is 4.98. The molecule has 0 amide bonds. The minimum Gasteiger partial charge on any atom is -0.497 e. The maximum Gasteiger partial charge on any atom is 0.174 e. The summed E-state index contributed by atoms with van der Waals surface area (Å²) in [5.41, 5.74) is 3.00. The molecule has 0 aliphatic heterocycles. The molecule has 0 aliphatic rings. The lowest BCUT2D eigenvalue weighted by Crippen LogP contribution is -2.18. The van der Waals surface area contributed by atoms with Crippen LogP contribution in [0.2, 0.25) is 0 Å². The first-order valence-electron chi connectivity index (χ1n) is 5.53. The summed E-state index contributed by atoms with van der Waals surface area (Å²) in [6.07, 6.45) is 0. The molecule has 2 rings (SSSR count). The number of aromatic nitrogens is 2. The highest BCUT2D eigenvalue weighted by atomic mass is 32.2. The standard InChI is InChI=1S/C12H15N3OS2/c1-13-11(7-17-12-15-14-8-18-12)9-3-5-10(16-2)6-4-9/h3-6,8,11,13H,7H2,1-2H3. The summed E-state index contributed by atoms with van der Waals surface area (Å²) >= 11 is 3.29. The Morgan fingerprint density at radius 2 is 2.17 bits per heavy atom. The van der Waals surface area contributed by atoms with E-state index in [1.165, 1.54) is 5.56 Å². The van der Waals surface area contributed by atoms with E-state index in [1.807, 2.05) is 19.2 Å². The van der Waals surface area contributed by atoms with E-state index >= 15 is 0 Å². The average molecular weight is 281 g/mol. The van der Waals surface area contributed by atoms with E-state index in [0.29, 0.717) is 6.04 Å². The average Bonchev–Trinajstić information content (AvgIpc) is 2.93. The zero-order valence-electron chi connectivity index (χ0n) is 10.3. The van der Waals surface area contributed by atoms with Crippen LogP contribution in [0.25, 0.3) is 0 Å². The summed E-state index contributed by atoms with van der Waals surface area (Å²) in [5, 5.41) is 11.2. The van der Waals surface area contributed by atoms with E-state index in [2.05, 4.69) is 27.6 Å². The molecule has 0 aliphatic carbocycles. The summed E-state index contributed by atoms with van der Waals surface area (Å²) in [4.78, 5) is 0. The second-order valence-electron chi connectivity index (χ2n) is 3.63. The van der Waals surface area contributed by atoms with Crippen molar-refractivity contribution < 1.29 is 4.74 Å². The summed E-state index contributed by atoms with van der Waals surface area (Å²) in [6, 6.07) is 8.43. The number of hydrogen-bond donors (Lipinski definition) is 1. The van der Waals surface area contributed by atoms with E-state index in [9.17, 15) is 0 Å². The van der Waals surface area contributed by atoms with Crippen molar-refractivity contribution >= 4 is 23.1 Å². The summed E-state index contributed by atoms with van der Waals surface area (Å²) in [7, 11) is 3.64. The maximum absolute atomic E-state index is 5.16. The zero-order valence-corrected chi connectivity index (χ0v) is 11.9. The van der Waals surface area contributed by atoms with Crippen LogP contribution in [0, 0.1) is 0 Å². The van der Waals surface area contributed by atoms with Gasteiger partial charge in [0.05, 0.1) is 7.11 Å². The third-order valence-electron chi connectivity index (χ3n) is 2.58. The summed E-state index contributed by atoms with van der Waals surface area (Å²) in [6.45, 7) is 0. The molecule has 1 heterocycles. The predicted octanol–water partition coefficient (Wildman–Crippen LogP) is 2.60. The van der Waals surface area contributed by atoms with Crippen LogP contribution in [0.3, 0.4) is 0 Å². The molecule has 0 spiro atoms. The minimum absolute atomic E-state index is 0.296. The fourth-order valence-corrected chi connectivity index (χ4v) is 3.22. The molecule has 0 bridgehead atoms. The monoisotopic (exact) mass is 281 g/mol. The van der Waals surface area contributed by atoms with Crippen molar-refractivity contribution in [3.05, 3.63) is 35.3 Å². The minimum atomic E-state index is 0.296. The Morgan fingerprint density at radius 3 is 2.72 bits per heavy atom. The molecule has 0 saturated heterocycles. The highest BCUT2D eigenvalue weighted by molar-refractivity contribution is 8.01. The highest BCUT2D eigenvalue weighted by Crippen LogP contribution is 2.26. The number of ether oxygens (including phenoxy) is 1. The Labute approximate surface area is 115 Å². The van der Waals surface area contributed by atoms with Crippen LogP contribution in [0.5, 0.6) is 5.75 Å². The zero-order chi connectivity index (χ0) is 12.8. The normalized spacial score (nSPS) is 12.3. The summed E-state index contributed by atoms with van der Waals surface area (Å²) in [5.74, 6) is 1.81. The van der Waals surface area contributed by atoms with Crippen molar-refractivity contribution in [1.82, 2.24) is 15.5 Å². The van der Waals surface area contributed by atoms with Gasteiger partial charge in [0.25, 0.3) is 0 Å². The van der Waals surface area contributed by atoms with Crippen LogP contribution in [-0.4, -0.2) is 30.1 Å². The third-order valence-corrected chi connectivity index (χ3v) is 4.53. The summed E-state index contributed by atoms with van der Waals surface area (Å²) < 4.78 is 6.16. The topological polar surface area (TPSA) is 47.0 Å². The van der Waals surface area contributed by atoms with E-state index in [0.717, 1.165) is 15.8 Å². The molecule has 4 nitrogen and oxygen atoms in total. The second-order valence-corrected chi connectivity index (χ2v) is 5.73. The number of nitrogens with zero attached hydrogens (tertiary/aromatic N) is 2. The van der Waals surface area contributed by atoms with Crippen molar-refractivity contribution in [2.45, 2.75) is 10.4 Å². The molecule has 6 heteroatoms. The molecular weight excluding hydrogens is 266 g/mol. The fourth-order valence-electron chi connectivity index (χ4n) is 1.56. The second kappa shape index (κ2) is 6.72. The van der Waals surface area contributed by atoms with Gasteiger partial charge in [-0.05, 0) is 24.7 Å². The Morgan fingerprint density at radius 1 is 1.39 bits per heavy atom. The molecule has 18 heavy (non-hydrogen) atoms. The van der Waals surface area contributed by atoms with E-state index in [4.69, 9.17) is 4.74 Å². The number of thioether (sulfide) groups is 1. The van der Waals surface area contributed by atoms with E-state index in [-0.39, 0.29) is 0 Å². The quantitative estimate of drug-likeness (QED) is 0.825. The smallest absolute Gasteiger partial charge is 0.174 e. The van der Waals surface area contributed by atoms with Crippen molar-refractivity contribution in [1.29, 1.82) is 0 Å². The van der Waals surface area contributed by atoms with Crippen LogP contribution >= 0.6 is 23.1 Å². The molecule has 0 radical (unpaired) electrons. The van der Waals surface area contributed by atoms with Gasteiger partial charge in [-0.1, -0.05) is 35.2 Å². The van der Waals surface area contributed by atoms with Crippen LogP contribution < -0.4 is 10.1 Å². The van der Waals surface area contributed by atoms with Crippen LogP contribution in [0.1, 0.15) is 11.6 Å². The van der Waals surface area contributed by atoms with Crippen molar-refractivity contribution in [2.24, 2.45) is 0 Å². The molecule has 2 aromatic rings. The van der Waals surface area contributed by atoms with Crippen molar-refractivity contribution in [3.63, 3.8) is 0 Å². The Balaban J connectivity index is 1.98. The van der Waals surface area contributed by atoms with Gasteiger partial charge in [0.15, 0.2) is 4.34 Å². The predicted molar refractivity (Wildman–Crippen MR) is 75.4 cm³/mol. The van der Waals surface area contributed by atoms with Gasteiger partial charge in [-0.2, -0.15) is 0 Å². The van der Waals surface area contributed by atoms with Gasteiger partial charge in [0, 0.05) is 11.8 Å². The lowest BCUT2D eigenvalue weighted by molar-refractivity contribution is 0.414. The Hall–Kier alpha value is -1.11. The van der Waals surface area contributed by atoms with Crippen molar-refractivity contribution in [2.75, 3.05) is 19.9 Å². The maximum atomic E-state index is 5.16. The van der Waals surface area contributed by atoms with E-state index < -0.39 is 0 Å². The molecule has 0 saturated carbocycles. The van der Waals surface area contributed by atoms with Gasteiger partial charge in [-0.25, -0.2) is 0 Å². The van der Waals surface area contributed by atoms with Gasteiger partial charge >= 0.3 is 0 Å². The lowest BCUT2D eigenvalue weighted by Gasteiger charge is -2.15. The third kappa shape index (κ3) is 3.44. The van der Waals surface area contributed by atoms with Gasteiger partial charge in [0.1, 0.15) is 11.3 Å². The fraction of sp³-hybridized carbons (Fsp3) is 0.333. The lowest BCUT2D eigenvalue weighted by atomic mass is 10.1. The molecule has 1 aromatic heterocycles. The van der Waals surface area contributed by atoms with Crippen LogP contribution in [0.15, 0.2) is 34.1 Å². The SMILES string of the molecule is CNC(CSc1nncs1)c1ccc(OC)cc1. The molecule has 0 fully saturated rings. The van der Waals surface area contributed by atoms with E-state index in [1.54, 1.807) is 35.7 Å². The first kappa shape index (κ1) is 13.3. The molecule has 1 unspecified atom stereocenters. The van der Waals surface area contributed by atoms with Crippen LogP contribution in [0.4, 0.5) is 0 Å². The number of hydrogen-bond acceptors (Lipinski definition) is 6. The first-order valence-corrected chi connectivity index (χ1v) is 7.40. The van der Waals surface area contributed by atoms with Gasteiger partial charge in [-0.3, -0.25) is 0 Å². The number of methoxy groups -OCH3 is 1. The largest absolute Gasteiger partial charge is 0.497 e. The first-order chi connectivity index (χ1) is 8.83. The number of nitrogens with one attached hydrogen (secondary N) is 1. The van der Waals surface area contributed by atoms with Gasteiger partial charge in [-0.15, -0.1) is 10.2 Å².